The molecule has 1 amide bonds. The van der Waals surface area contributed by atoms with Crippen LogP contribution < -0.4 is 15.4 Å². The number of ether oxygens (including phenoxy) is 1. The van der Waals surface area contributed by atoms with Crippen LogP contribution in [0.25, 0.3) is 0 Å². The minimum absolute atomic E-state index is 0.0618. The van der Waals surface area contributed by atoms with E-state index in [0.29, 0.717) is 12.5 Å². The summed E-state index contributed by atoms with van der Waals surface area (Å²) in [6.45, 7) is 9.98. The molecule has 0 fully saturated rings. The molecule has 0 aromatic heterocycles. The largest absolute Gasteiger partial charge is 0.483 e. The Bertz CT molecular complexity index is 435. The second-order valence-electron chi connectivity index (χ2n) is 5.40. The van der Waals surface area contributed by atoms with Gasteiger partial charge in [0.2, 0.25) is 0 Å². The molecule has 4 nitrogen and oxygen atoms in total. The van der Waals surface area contributed by atoms with Crippen molar-refractivity contribution in [1.29, 1.82) is 0 Å². The van der Waals surface area contributed by atoms with Gasteiger partial charge in [-0.2, -0.15) is 0 Å². The number of likely N-dealkylation sites (N-methyl/N-ethyl adjacent to an activating group) is 1. The molecule has 0 heterocycles. The first-order valence-electron chi connectivity index (χ1n) is 7.80. The molecule has 0 aliphatic carbocycles. The summed E-state index contributed by atoms with van der Waals surface area (Å²) in [6, 6.07) is 8.20. The van der Waals surface area contributed by atoms with E-state index in [0.717, 1.165) is 24.3 Å². The third-order valence-electron chi connectivity index (χ3n) is 3.58. The number of rotatable bonds is 9. The lowest BCUT2D eigenvalue weighted by Gasteiger charge is -2.16. The predicted molar refractivity (Wildman–Crippen MR) is 86.8 cm³/mol. The number of para-hydroxylation sites is 1. The van der Waals surface area contributed by atoms with E-state index in [9.17, 15) is 4.79 Å². The Hall–Kier alpha value is -1.55. The highest BCUT2D eigenvalue weighted by atomic mass is 16.5. The van der Waals surface area contributed by atoms with Crippen LogP contribution in [-0.4, -0.2) is 31.6 Å². The summed E-state index contributed by atoms with van der Waals surface area (Å²) in [5.74, 6) is 1.15. The van der Waals surface area contributed by atoms with Gasteiger partial charge in [0.15, 0.2) is 6.61 Å². The fourth-order valence-electron chi connectivity index (χ4n) is 2.12. The quantitative estimate of drug-likeness (QED) is 0.736. The number of hydrogen-bond donors (Lipinski definition) is 2. The van der Waals surface area contributed by atoms with Gasteiger partial charge in [-0.15, -0.1) is 0 Å². The maximum Gasteiger partial charge on any atom is 0.257 e. The van der Waals surface area contributed by atoms with Crippen molar-refractivity contribution in [1.82, 2.24) is 10.6 Å². The predicted octanol–water partition coefficient (Wildman–Crippen LogP) is 2.69. The van der Waals surface area contributed by atoms with Crippen molar-refractivity contribution in [3.8, 4) is 5.75 Å². The van der Waals surface area contributed by atoms with Gasteiger partial charge >= 0.3 is 0 Å². The van der Waals surface area contributed by atoms with Gasteiger partial charge in [0, 0.05) is 12.6 Å². The van der Waals surface area contributed by atoms with E-state index in [1.165, 1.54) is 0 Å². The molecule has 1 aromatic carbocycles. The van der Waals surface area contributed by atoms with Crippen LogP contribution in [0.3, 0.4) is 0 Å². The van der Waals surface area contributed by atoms with Gasteiger partial charge in [0.25, 0.3) is 5.91 Å². The number of amides is 1. The van der Waals surface area contributed by atoms with Crippen LogP contribution in [0, 0.1) is 0 Å². The topological polar surface area (TPSA) is 50.4 Å². The number of carbonyl (C=O) groups excluding carboxylic acids is 1. The summed E-state index contributed by atoms with van der Waals surface area (Å²) < 4.78 is 5.68. The summed E-state index contributed by atoms with van der Waals surface area (Å²) in [4.78, 5) is 11.8. The first kappa shape index (κ1) is 17.5. The zero-order valence-electron chi connectivity index (χ0n) is 13.6. The molecule has 1 unspecified atom stereocenters. The molecule has 0 saturated heterocycles. The van der Waals surface area contributed by atoms with E-state index in [1.807, 2.05) is 32.0 Å². The van der Waals surface area contributed by atoms with Gasteiger partial charge in [-0.1, -0.05) is 39.0 Å². The molecule has 21 heavy (non-hydrogen) atoms. The van der Waals surface area contributed by atoms with Gasteiger partial charge < -0.3 is 15.4 Å². The fraction of sp³-hybridized carbons (Fsp3) is 0.588. The lowest BCUT2D eigenvalue weighted by molar-refractivity contribution is -0.123. The monoisotopic (exact) mass is 292 g/mol. The standard InChI is InChI=1S/C17H28N2O2/c1-5-13(3)15-9-7-8-10-16(15)21-12-17(20)19-11-14(4)18-6-2/h7-10,13-14,18H,5-6,11-12H2,1-4H3,(H,19,20)/t13?,14-/m1/s1. The fourth-order valence-corrected chi connectivity index (χ4v) is 2.12. The van der Waals surface area contributed by atoms with Crippen LogP contribution in [0.15, 0.2) is 24.3 Å². The molecule has 4 heteroatoms. The highest BCUT2D eigenvalue weighted by Crippen LogP contribution is 2.28. The van der Waals surface area contributed by atoms with Crippen molar-refractivity contribution in [2.45, 2.75) is 46.1 Å². The maximum absolute atomic E-state index is 11.8. The molecule has 0 aliphatic rings. The van der Waals surface area contributed by atoms with Crippen molar-refractivity contribution in [2.24, 2.45) is 0 Å². The van der Waals surface area contributed by atoms with E-state index >= 15 is 0 Å². The molecule has 1 aromatic rings. The number of benzene rings is 1. The maximum atomic E-state index is 11.8. The average molecular weight is 292 g/mol. The molecular weight excluding hydrogens is 264 g/mol. The highest BCUT2D eigenvalue weighted by Gasteiger charge is 2.11. The van der Waals surface area contributed by atoms with Gasteiger partial charge in [0.05, 0.1) is 0 Å². The second kappa shape index (κ2) is 9.40. The minimum Gasteiger partial charge on any atom is -0.483 e. The van der Waals surface area contributed by atoms with E-state index in [1.54, 1.807) is 0 Å². The lowest BCUT2D eigenvalue weighted by Crippen LogP contribution is -2.40. The van der Waals surface area contributed by atoms with Crippen LogP contribution in [0.2, 0.25) is 0 Å². The molecule has 0 radical (unpaired) electrons. The van der Waals surface area contributed by atoms with E-state index in [-0.39, 0.29) is 18.6 Å². The smallest absolute Gasteiger partial charge is 0.257 e. The third-order valence-corrected chi connectivity index (χ3v) is 3.58. The average Bonchev–Trinajstić information content (AvgIpc) is 2.50. The first-order chi connectivity index (χ1) is 10.1. The van der Waals surface area contributed by atoms with Crippen LogP contribution in [0.1, 0.15) is 45.6 Å². The van der Waals surface area contributed by atoms with Crippen LogP contribution in [-0.2, 0) is 4.79 Å². The molecule has 2 N–H and O–H groups in total. The SMILES string of the molecule is CCN[C@H](C)CNC(=O)COc1ccccc1C(C)CC. The molecule has 0 saturated carbocycles. The zero-order chi connectivity index (χ0) is 15.7. The van der Waals surface area contributed by atoms with Crippen molar-refractivity contribution in [3.05, 3.63) is 29.8 Å². The molecule has 0 aliphatic heterocycles. The second-order valence-corrected chi connectivity index (χ2v) is 5.40. The van der Waals surface area contributed by atoms with Gasteiger partial charge in [0.1, 0.15) is 5.75 Å². The zero-order valence-corrected chi connectivity index (χ0v) is 13.6. The Labute approximate surface area is 128 Å². The van der Waals surface area contributed by atoms with Gasteiger partial charge in [-0.25, -0.2) is 0 Å². The summed E-state index contributed by atoms with van der Waals surface area (Å²) in [5, 5.41) is 6.12. The highest BCUT2D eigenvalue weighted by molar-refractivity contribution is 5.77. The Morgan fingerprint density at radius 1 is 1.24 bits per heavy atom. The third kappa shape index (κ3) is 6.17. The summed E-state index contributed by atoms with van der Waals surface area (Å²) in [7, 11) is 0. The van der Waals surface area contributed by atoms with Gasteiger partial charge in [-0.05, 0) is 37.4 Å². The number of nitrogens with one attached hydrogen (secondary N) is 2. The first-order valence-corrected chi connectivity index (χ1v) is 7.80. The molecule has 118 valence electrons. The van der Waals surface area contributed by atoms with Crippen LogP contribution >= 0.6 is 0 Å². The molecule has 0 spiro atoms. The number of carbonyl (C=O) groups is 1. The molecule has 2 atom stereocenters. The Morgan fingerprint density at radius 2 is 1.95 bits per heavy atom. The lowest BCUT2D eigenvalue weighted by atomic mass is 9.98. The molecule has 0 bridgehead atoms. The van der Waals surface area contributed by atoms with E-state index in [4.69, 9.17) is 4.74 Å². The van der Waals surface area contributed by atoms with Crippen molar-refractivity contribution < 1.29 is 9.53 Å². The van der Waals surface area contributed by atoms with Crippen molar-refractivity contribution in [3.63, 3.8) is 0 Å². The van der Waals surface area contributed by atoms with E-state index < -0.39 is 0 Å². The van der Waals surface area contributed by atoms with Crippen LogP contribution in [0.4, 0.5) is 0 Å². The minimum atomic E-state index is -0.0845. The Kier molecular flexibility index (Phi) is 7.83. The van der Waals surface area contributed by atoms with E-state index in [2.05, 4.69) is 30.5 Å². The number of hydrogen-bond acceptors (Lipinski definition) is 3. The summed E-state index contributed by atoms with van der Waals surface area (Å²) in [6.07, 6.45) is 1.05. The van der Waals surface area contributed by atoms with Crippen LogP contribution in [0.5, 0.6) is 5.75 Å². The normalized spacial score (nSPS) is 13.5. The van der Waals surface area contributed by atoms with Gasteiger partial charge in [-0.3, -0.25) is 4.79 Å². The summed E-state index contributed by atoms with van der Waals surface area (Å²) >= 11 is 0. The molecular formula is C17H28N2O2. The Balaban J connectivity index is 2.46. The van der Waals surface area contributed by atoms with Crippen molar-refractivity contribution >= 4 is 5.91 Å². The Morgan fingerprint density at radius 3 is 2.62 bits per heavy atom. The van der Waals surface area contributed by atoms with Crippen molar-refractivity contribution in [2.75, 3.05) is 19.7 Å². The molecule has 1 rings (SSSR count). The summed E-state index contributed by atoms with van der Waals surface area (Å²) in [5.41, 5.74) is 1.16.